The molecule has 1 N–H and O–H groups in total. The third-order valence-corrected chi connectivity index (χ3v) is 4.66. The first-order chi connectivity index (χ1) is 12.8. The second-order valence-electron chi connectivity index (χ2n) is 6.43. The van der Waals surface area contributed by atoms with E-state index in [-0.39, 0.29) is 12.0 Å². The van der Waals surface area contributed by atoms with Gasteiger partial charge in [-0.15, -0.1) is 0 Å². The molecule has 0 spiro atoms. The standard InChI is InChI=1S/C20H16N4O2/c25-20(14-5-7-17-18(9-14)22-12-21-17)24-10-15(11-24)26-19-8-6-13-3-1-2-4-16(13)23-19/h1-9,12,15H,10-11H2,(H,21,22). The molecule has 1 fully saturated rings. The molecule has 4 aromatic rings. The maximum absolute atomic E-state index is 12.6. The summed E-state index contributed by atoms with van der Waals surface area (Å²) in [7, 11) is 0. The zero-order valence-corrected chi connectivity index (χ0v) is 13.9. The number of nitrogens with one attached hydrogen (secondary N) is 1. The number of rotatable bonds is 3. The summed E-state index contributed by atoms with van der Waals surface area (Å²) >= 11 is 0. The van der Waals surface area contributed by atoms with Crippen molar-refractivity contribution in [2.75, 3.05) is 13.1 Å². The number of hydrogen-bond acceptors (Lipinski definition) is 4. The lowest BCUT2D eigenvalue weighted by molar-refractivity contribution is 0.0161. The lowest BCUT2D eigenvalue weighted by Crippen LogP contribution is -2.56. The van der Waals surface area contributed by atoms with E-state index in [4.69, 9.17) is 4.74 Å². The summed E-state index contributed by atoms with van der Waals surface area (Å²) in [5.74, 6) is 0.604. The molecule has 26 heavy (non-hydrogen) atoms. The minimum atomic E-state index is -0.0245. The third kappa shape index (κ3) is 2.56. The maximum Gasteiger partial charge on any atom is 0.254 e. The number of pyridine rings is 1. The van der Waals surface area contributed by atoms with Crippen molar-refractivity contribution in [3.63, 3.8) is 0 Å². The third-order valence-electron chi connectivity index (χ3n) is 4.66. The molecule has 6 nitrogen and oxygen atoms in total. The van der Waals surface area contributed by atoms with Crippen LogP contribution in [0.5, 0.6) is 5.88 Å². The number of aromatic nitrogens is 3. The molecule has 1 aliphatic heterocycles. The van der Waals surface area contributed by atoms with E-state index in [9.17, 15) is 4.79 Å². The number of aromatic amines is 1. The van der Waals surface area contributed by atoms with Gasteiger partial charge in [-0.3, -0.25) is 4.79 Å². The highest BCUT2D eigenvalue weighted by atomic mass is 16.5. The maximum atomic E-state index is 12.6. The van der Waals surface area contributed by atoms with Gasteiger partial charge in [-0.2, -0.15) is 0 Å². The van der Waals surface area contributed by atoms with Gasteiger partial charge in [-0.25, -0.2) is 9.97 Å². The van der Waals surface area contributed by atoms with Crippen LogP contribution in [-0.2, 0) is 0 Å². The van der Waals surface area contributed by atoms with Crippen LogP contribution in [0.25, 0.3) is 21.9 Å². The Labute approximate surface area is 149 Å². The monoisotopic (exact) mass is 344 g/mol. The van der Waals surface area contributed by atoms with E-state index in [1.54, 1.807) is 11.2 Å². The van der Waals surface area contributed by atoms with Gasteiger partial charge >= 0.3 is 0 Å². The molecular weight excluding hydrogens is 328 g/mol. The molecule has 0 atom stereocenters. The van der Waals surface area contributed by atoms with Gasteiger partial charge in [0, 0.05) is 17.0 Å². The van der Waals surface area contributed by atoms with Crippen molar-refractivity contribution in [3.05, 3.63) is 66.5 Å². The Balaban J connectivity index is 1.25. The van der Waals surface area contributed by atoms with E-state index in [1.807, 2.05) is 54.6 Å². The van der Waals surface area contributed by atoms with E-state index >= 15 is 0 Å². The molecule has 1 aliphatic rings. The van der Waals surface area contributed by atoms with Crippen molar-refractivity contribution < 1.29 is 9.53 Å². The summed E-state index contributed by atoms with van der Waals surface area (Å²) in [5, 5.41) is 1.08. The first-order valence-electron chi connectivity index (χ1n) is 8.51. The second-order valence-corrected chi connectivity index (χ2v) is 6.43. The highest BCUT2D eigenvalue weighted by molar-refractivity contribution is 5.97. The van der Waals surface area contributed by atoms with Crippen molar-refractivity contribution >= 4 is 27.8 Å². The van der Waals surface area contributed by atoms with E-state index in [0.29, 0.717) is 24.5 Å². The average Bonchev–Trinajstić information content (AvgIpc) is 3.11. The average molecular weight is 344 g/mol. The predicted octanol–water partition coefficient (Wildman–Crippen LogP) is 3.01. The Kier molecular flexibility index (Phi) is 3.35. The molecule has 0 radical (unpaired) electrons. The van der Waals surface area contributed by atoms with Crippen LogP contribution in [0, 0.1) is 0 Å². The van der Waals surface area contributed by atoms with Crippen LogP contribution in [0.15, 0.2) is 60.9 Å². The number of fused-ring (bicyclic) bond motifs is 2. The number of imidazole rings is 1. The molecule has 3 heterocycles. The van der Waals surface area contributed by atoms with Crippen molar-refractivity contribution in [3.8, 4) is 5.88 Å². The number of carbonyl (C=O) groups excluding carboxylic acids is 1. The minimum Gasteiger partial charge on any atom is -0.471 e. The molecule has 0 unspecified atom stereocenters. The molecule has 0 aliphatic carbocycles. The van der Waals surface area contributed by atoms with Crippen molar-refractivity contribution in [1.82, 2.24) is 19.9 Å². The van der Waals surface area contributed by atoms with Gasteiger partial charge < -0.3 is 14.6 Å². The first kappa shape index (κ1) is 14.9. The fourth-order valence-corrected chi connectivity index (χ4v) is 3.21. The number of nitrogens with zero attached hydrogens (tertiary/aromatic N) is 3. The molecule has 6 heteroatoms. The van der Waals surface area contributed by atoms with Gasteiger partial charge in [0.1, 0.15) is 6.10 Å². The molecule has 1 saturated heterocycles. The van der Waals surface area contributed by atoms with Crippen LogP contribution in [0.1, 0.15) is 10.4 Å². The summed E-state index contributed by atoms with van der Waals surface area (Å²) in [4.78, 5) is 26.1. The minimum absolute atomic E-state index is 0.00724. The van der Waals surface area contributed by atoms with Crippen molar-refractivity contribution in [1.29, 1.82) is 0 Å². The predicted molar refractivity (Wildman–Crippen MR) is 98.2 cm³/mol. The number of amides is 1. The van der Waals surface area contributed by atoms with Gasteiger partial charge in [-0.05, 0) is 30.3 Å². The SMILES string of the molecule is O=C(c1ccc2nc[nH]c2c1)N1CC(Oc2ccc3ccccc3n2)C1. The zero-order valence-electron chi connectivity index (χ0n) is 13.9. The fraction of sp³-hybridized carbons (Fsp3) is 0.150. The largest absolute Gasteiger partial charge is 0.471 e. The molecule has 2 aromatic heterocycles. The number of likely N-dealkylation sites (tertiary alicyclic amines) is 1. The smallest absolute Gasteiger partial charge is 0.254 e. The highest BCUT2D eigenvalue weighted by Crippen LogP contribution is 2.22. The highest BCUT2D eigenvalue weighted by Gasteiger charge is 2.33. The lowest BCUT2D eigenvalue weighted by Gasteiger charge is -2.38. The Morgan fingerprint density at radius 2 is 1.96 bits per heavy atom. The lowest BCUT2D eigenvalue weighted by atomic mass is 10.1. The van der Waals surface area contributed by atoms with Crippen molar-refractivity contribution in [2.45, 2.75) is 6.10 Å². The molecule has 1 amide bonds. The molecule has 128 valence electrons. The Morgan fingerprint density at radius 3 is 2.88 bits per heavy atom. The number of H-pyrrole nitrogens is 1. The number of ether oxygens (including phenoxy) is 1. The van der Waals surface area contributed by atoms with Gasteiger partial charge in [0.25, 0.3) is 5.91 Å². The van der Waals surface area contributed by atoms with Crippen LogP contribution < -0.4 is 4.74 Å². The topological polar surface area (TPSA) is 71.1 Å². The van der Waals surface area contributed by atoms with Gasteiger partial charge in [0.2, 0.25) is 5.88 Å². The molecule has 2 aromatic carbocycles. The normalized spacial score (nSPS) is 14.5. The summed E-state index contributed by atoms with van der Waals surface area (Å²) in [6, 6.07) is 17.3. The number of benzene rings is 2. The Hall–Kier alpha value is -3.41. The summed E-state index contributed by atoms with van der Waals surface area (Å²) in [6.07, 6.45) is 1.60. The molecule has 0 saturated carbocycles. The summed E-state index contributed by atoms with van der Waals surface area (Å²) in [6.45, 7) is 1.13. The van der Waals surface area contributed by atoms with Gasteiger partial charge in [0.15, 0.2) is 0 Å². The quantitative estimate of drug-likeness (QED) is 0.620. The van der Waals surface area contributed by atoms with Crippen LogP contribution in [0.3, 0.4) is 0 Å². The van der Waals surface area contributed by atoms with E-state index in [0.717, 1.165) is 21.9 Å². The summed E-state index contributed by atoms with van der Waals surface area (Å²) in [5.41, 5.74) is 3.28. The Morgan fingerprint density at radius 1 is 1.08 bits per heavy atom. The van der Waals surface area contributed by atoms with Gasteiger partial charge in [0.05, 0.1) is 36.0 Å². The molecular formula is C20H16N4O2. The first-order valence-corrected chi connectivity index (χ1v) is 8.51. The van der Waals surface area contributed by atoms with Crippen LogP contribution in [-0.4, -0.2) is 45.0 Å². The molecule has 5 rings (SSSR count). The summed E-state index contributed by atoms with van der Waals surface area (Å²) < 4.78 is 5.91. The van der Waals surface area contributed by atoms with E-state index < -0.39 is 0 Å². The van der Waals surface area contributed by atoms with Crippen molar-refractivity contribution in [2.24, 2.45) is 0 Å². The number of carbonyl (C=O) groups is 1. The van der Waals surface area contributed by atoms with Crippen LogP contribution in [0.2, 0.25) is 0 Å². The van der Waals surface area contributed by atoms with E-state index in [2.05, 4.69) is 15.0 Å². The van der Waals surface area contributed by atoms with Gasteiger partial charge in [-0.1, -0.05) is 18.2 Å². The van der Waals surface area contributed by atoms with Crippen LogP contribution >= 0.6 is 0 Å². The van der Waals surface area contributed by atoms with E-state index in [1.165, 1.54) is 0 Å². The fourth-order valence-electron chi connectivity index (χ4n) is 3.21. The Bertz CT molecular complexity index is 1110. The van der Waals surface area contributed by atoms with Crippen LogP contribution in [0.4, 0.5) is 0 Å². The number of para-hydroxylation sites is 1. The molecule has 0 bridgehead atoms. The number of hydrogen-bond donors (Lipinski definition) is 1. The second kappa shape index (κ2) is 5.84. The zero-order chi connectivity index (χ0) is 17.5.